The van der Waals surface area contributed by atoms with Crippen LogP contribution < -0.4 is 20.4 Å². The maximum Gasteiger partial charge on any atom is 0.255 e. The smallest absolute Gasteiger partial charge is 0.255 e. The van der Waals surface area contributed by atoms with E-state index >= 15 is 0 Å². The second-order valence-electron chi connectivity index (χ2n) is 16.1. The average Bonchev–Trinajstić information content (AvgIpc) is 3.98. The average molecular weight is 800 g/mol. The number of rotatable bonds is 8. The normalized spacial score (nSPS) is 21.2. The number of ether oxygens (including phenoxy) is 1. The third kappa shape index (κ3) is 6.90. The van der Waals surface area contributed by atoms with Crippen LogP contribution >= 0.6 is 11.3 Å². The summed E-state index contributed by atoms with van der Waals surface area (Å²) in [5.74, 6) is -0.175. The summed E-state index contributed by atoms with van der Waals surface area (Å²) in [6.45, 7) is 8.51. The number of aromatic nitrogens is 4. The molecule has 4 saturated heterocycles. The highest BCUT2D eigenvalue weighted by Gasteiger charge is 2.39. The van der Waals surface area contributed by atoms with Crippen molar-refractivity contribution < 1.29 is 19.1 Å². The third-order valence-corrected chi connectivity index (χ3v) is 13.6. The summed E-state index contributed by atoms with van der Waals surface area (Å²) in [7, 11) is 0. The molecule has 298 valence electrons. The highest BCUT2D eigenvalue weighted by molar-refractivity contribution is 7.18. The van der Waals surface area contributed by atoms with Gasteiger partial charge in [-0.3, -0.25) is 29.6 Å². The minimum atomic E-state index is -0.598. The number of nitrogens with one attached hydrogen (secondary N) is 3. The zero-order chi connectivity index (χ0) is 39.3. The Morgan fingerprint density at radius 2 is 1.74 bits per heavy atom. The first-order chi connectivity index (χ1) is 28.4. The van der Waals surface area contributed by atoms with E-state index in [1.165, 1.54) is 0 Å². The first kappa shape index (κ1) is 36.7. The second-order valence-corrected chi connectivity index (χ2v) is 17.1. The van der Waals surface area contributed by atoms with E-state index in [0.29, 0.717) is 30.0 Å². The van der Waals surface area contributed by atoms with Crippen molar-refractivity contribution in [3.05, 3.63) is 59.3 Å². The lowest BCUT2D eigenvalue weighted by atomic mass is 9.95. The van der Waals surface area contributed by atoms with Gasteiger partial charge in [-0.1, -0.05) is 17.4 Å². The topological polar surface area (TPSA) is 176 Å². The predicted octanol–water partition coefficient (Wildman–Crippen LogP) is 4.50. The molecule has 10 rings (SSSR count). The van der Waals surface area contributed by atoms with Gasteiger partial charge in [-0.05, 0) is 73.9 Å². The largest absolute Gasteiger partial charge is 0.381 e. The number of pyridine rings is 1. The van der Waals surface area contributed by atoms with E-state index < -0.39 is 6.04 Å². The van der Waals surface area contributed by atoms with Gasteiger partial charge >= 0.3 is 0 Å². The number of anilines is 3. The number of piperidine rings is 2. The minimum Gasteiger partial charge on any atom is -0.381 e. The summed E-state index contributed by atoms with van der Waals surface area (Å²) < 4.78 is 5.64. The first-order valence-electron chi connectivity index (χ1n) is 20.4. The Morgan fingerprint density at radius 1 is 0.914 bits per heavy atom. The molecule has 8 heterocycles. The predicted molar refractivity (Wildman–Crippen MR) is 221 cm³/mol. The van der Waals surface area contributed by atoms with Crippen molar-refractivity contribution in [3.63, 3.8) is 0 Å². The van der Waals surface area contributed by atoms with E-state index in [1.807, 2.05) is 36.5 Å². The van der Waals surface area contributed by atoms with E-state index in [4.69, 9.17) is 14.8 Å². The van der Waals surface area contributed by atoms with E-state index in [-0.39, 0.29) is 30.2 Å². The fourth-order valence-electron chi connectivity index (χ4n) is 9.31. The van der Waals surface area contributed by atoms with Crippen LogP contribution in [0.5, 0.6) is 0 Å². The molecule has 0 saturated carbocycles. The van der Waals surface area contributed by atoms with Gasteiger partial charge in [0.15, 0.2) is 5.01 Å². The van der Waals surface area contributed by atoms with Crippen molar-refractivity contribution in [2.45, 2.75) is 57.2 Å². The fraction of sp³-hybridized carbons (Fsp3) is 0.452. The number of amides is 3. The molecule has 4 fully saturated rings. The monoisotopic (exact) mass is 799 g/mol. The van der Waals surface area contributed by atoms with Crippen LogP contribution in [0, 0.1) is 17.2 Å². The fourth-order valence-corrected chi connectivity index (χ4v) is 10.2. The number of carbonyl (C=O) groups is 3. The Bertz CT molecular complexity index is 2450. The van der Waals surface area contributed by atoms with Crippen LogP contribution in [0.2, 0.25) is 0 Å². The Kier molecular flexibility index (Phi) is 9.66. The third-order valence-electron chi connectivity index (χ3n) is 12.6. The van der Waals surface area contributed by atoms with Crippen LogP contribution in [0.15, 0.2) is 42.6 Å². The number of aromatic amines is 1. The first-order valence-corrected chi connectivity index (χ1v) is 21.2. The van der Waals surface area contributed by atoms with Crippen molar-refractivity contribution in [3.8, 4) is 16.6 Å². The Morgan fingerprint density at radius 3 is 2.53 bits per heavy atom. The van der Waals surface area contributed by atoms with Crippen LogP contribution in [-0.4, -0.2) is 119 Å². The molecule has 0 spiro atoms. The van der Waals surface area contributed by atoms with Gasteiger partial charge in [0.2, 0.25) is 16.9 Å². The summed E-state index contributed by atoms with van der Waals surface area (Å²) in [4.78, 5) is 54.9. The van der Waals surface area contributed by atoms with Gasteiger partial charge in [0.25, 0.3) is 5.91 Å². The number of hydrogen-bond donors (Lipinski definition) is 3. The molecular weight excluding hydrogens is 755 g/mol. The van der Waals surface area contributed by atoms with Gasteiger partial charge in [-0.15, -0.1) is 10.2 Å². The SMILES string of the molecule is N#Cc1ccc2c(c1)[nH]c1c(NC3CCOCC3)c(-c3nnc(N4CCN(CC5CCN(c6ccc7c(c6)C(=O)N(C6CCC(=O)NC6=O)C7)CC5)CC4)s3)cnc12. The van der Waals surface area contributed by atoms with Gasteiger partial charge in [-0.2, -0.15) is 5.26 Å². The lowest BCUT2D eigenvalue weighted by molar-refractivity contribution is -0.136. The molecule has 0 radical (unpaired) electrons. The number of piperazine rings is 1. The molecule has 0 aliphatic carbocycles. The molecule has 0 bridgehead atoms. The molecule has 3 amide bonds. The van der Waals surface area contributed by atoms with Gasteiger partial charge in [0.05, 0.1) is 33.9 Å². The summed E-state index contributed by atoms with van der Waals surface area (Å²) in [5, 5.41) is 27.8. The summed E-state index contributed by atoms with van der Waals surface area (Å²) >= 11 is 1.60. The number of hydrogen-bond acceptors (Lipinski definition) is 13. The van der Waals surface area contributed by atoms with Crippen LogP contribution in [-0.2, 0) is 20.9 Å². The number of imide groups is 1. The lowest BCUT2D eigenvalue weighted by Crippen LogP contribution is -2.52. The van der Waals surface area contributed by atoms with Gasteiger partial charge < -0.3 is 29.7 Å². The molecule has 3 aromatic heterocycles. The molecule has 58 heavy (non-hydrogen) atoms. The van der Waals surface area contributed by atoms with Gasteiger partial charge in [0, 0.05) is 106 Å². The number of nitrogens with zero attached hydrogens (tertiary/aromatic N) is 8. The maximum atomic E-state index is 13.4. The molecule has 2 aromatic carbocycles. The highest BCUT2D eigenvalue weighted by Crippen LogP contribution is 2.40. The van der Waals surface area contributed by atoms with Crippen molar-refractivity contribution in [1.82, 2.24) is 35.3 Å². The maximum absolute atomic E-state index is 13.4. The molecule has 1 unspecified atom stereocenters. The summed E-state index contributed by atoms with van der Waals surface area (Å²) in [6, 6.07) is 13.7. The molecule has 5 aliphatic rings. The van der Waals surface area contributed by atoms with E-state index in [1.54, 1.807) is 16.2 Å². The minimum absolute atomic E-state index is 0.127. The lowest BCUT2D eigenvalue weighted by Gasteiger charge is -2.39. The second kappa shape index (κ2) is 15.3. The van der Waals surface area contributed by atoms with E-state index in [2.05, 4.69) is 47.6 Å². The molecule has 15 nitrogen and oxygen atoms in total. The van der Waals surface area contributed by atoms with Crippen molar-refractivity contribution >= 4 is 67.5 Å². The zero-order valence-electron chi connectivity index (χ0n) is 32.2. The number of H-pyrrole nitrogens is 1. The van der Waals surface area contributed by atoms with E-state index in [0.717, 1.165) is 139 Å². The molecule has 5 aromatic rings. The van der Waals surface area contributed by atoms with Crippen LogP contribution in [0.25, 0.3) is 32.5 Å². The van der Waals surface area contributed by atoms with Crippen LogP contribution in [0.3, 0.4) is 0 Å². The Labute approximate surface area is 339 Å². The number of fused-ring (bicyclic) bond motifs is 4. The number of benzene rings is 2. The van der Waals surface area contributed by atoms with Gasteiger partial charge in [-0.25, -0.2) is 0 Å². The van der Waals surface area contributed by atoms with E-state index in [9.17, 15) is 19.6 Å². The Hall–Kier alpha value is -5.63. The van der Waals surface area contributed by atoms with Crippen molar-refractivity contribution in [2.24, 2.45) is 5.92 Å². The summed E-state index contributed by atoms with van der Waals surface area (Å²) in [6.07, 6.45) is 6.54. The highest BCUT2D eigenvalue weighted by atomic mass is 32.1. The van der Waals surface area contributed by atoms with Crippen molar-refractivity contribution in [1.29, 1.82) is 5.26 Å². The standard InChI is InChI=1S/C42H45N11O4S/c43-21-26-1-4-30-33(19-26)46-38-36(30)44-22-32(37(38)45-28-9-17-57-18-10-28)40-48-49-42(58-40)52-15-13-50(14-16-52)23-25-7-11-51(12-8-25)29-3-2-27-24-53(41(56)31(27)20-29)34-5-6-35(54)47-39(34)55/h1-4,19-20,22,25,28,34,46H,5-18,23-24H2,(H,44,45)(H,47,54,55). The Balaban J connectivity index is 0.761. The molecule has 1 atom stereocenters. The van der Waals surface area contributed by atoms with Gasteiger partial charge in [0.1, 0.15) is 6.04 Å². The zero-order valence-corrected chi connectivity index (χ0v) is 33.0. The van der Waals surface area contributed by atoms with Crippen LogP contribution in [0.4, 0.5) is 16.5 Å². The summed E-state index contributed by atoms with van der Waals surface area (Å²) in [5.41, 5.74) is 7.80. The molecule has 5 aliphatic heterocycles. The number of carbonyl (C=O) groups excluding carboxylic acids is 3. The van der Waals surface area contributed by atoms with Crippen molar-refractivity contribution in [2.75, 3.05) is 74.1 Å². The quantitative estimate of drug-likeness (QED) is 0.188. The molecule has 3 N–H and O–H groups in total. The molecular formula is C42H45N11O4S. The number of nitriles is 1. The van der Waals surface area contributed by atoms with Crippen LogP contribution in [0.1, 0.15) is 60.0 Å². The molecule has 16 heteroatoms.